The van der Waals surface area contributed by atoms with Gasteiger partial charge >= 0.3 is 5.97 Å². The second kappa shape index (κ2) is 7.40. The maximum Gasteiger partial charge on any atom is 0.339 e. The number of aromatic amines is 1. The van der Waals surface area contributed by atoms with Crippen LogP contribution in [0.3, 0.4) is 0 Å². The molecule has 24 heavy (non-hydrogen) atoms. The Bertz CT molecular complexity index is 768. The Labute approximate surface area is 140 Å². The number of aromatic nitrogens is 1. The highest BCUT2D eigenvalue weighted by atomic mass is 19.1. The van der Waals surface area contributed by atoms with Crippen LogP contribution >= 0.6 is 0 Å². The highest BCUT2D eigenvalue weighted by Gasteiger charge is 2.23. The molecule has 0 saturated carbocycles. The van der Waals surface area contributed by atoms with Gasteiger partial charge in [0.15, 0.2) is 5.78 Å². The fourth-order valence-corrected chi connectivity index (χ4v) is 2.76. The van der Waals surface area contributed by atoms with Gasteiger partial charge in [0.1, 0.15) is 5.82 Å². The van der Waals surface area contributed by atoms with Gasteiger partial charge in [-0.2, -0.15) is 0 Å². The maximum absolute atomic E-state index is 13.2. The second-order valence-electron chi connectivity index (χ2n) is 5.84. The predicted octanol–water partition coefficient (Wildman–Crippen LogP) is 2.87. The van der Waals surface area contributed by atoms with Crippen LogP contribution in [0, 0.1) is 19.7 Å². The molecule has 0 aliphatic heterocycles. The van der Waals surface area contributed by atoms with Crippen molar-refractivity contribution >= 4 is 11.8 Å². The van der Waals surface area contributed by atoms with Gasteiger partial charge in [0.25, 0.3) is 0 Å². The number of likely N-dealkylation sites (N-methyl/N-ethyl adjacent to an activating group) is 1. The molecule has 0 unspecified atom stereocenters. The van der Waals surface area contributed by atoms with Crippen molar-refractivity contribution in [1.29, 1.82) is 0 Å². The summed E-state index contributed by atoms with van der Waals surface area (Å²) in [4.78, 5) is 29.1. The third-order valence-corrected chi connectivity index (χ3v) is 3.86. The van der Waals surface area contributed by atoms with Crippen molar-refractivity contribution in [2.24, 2.45) is 0 Å². The number of halogens is 1. The molecular weight excluding hydrogens is 311 g/mol. The minimum Gasteiger partial charge on any atom is -0.465 e. The Morgan fingerprint density at radius 1 is 1.29 bits per heavy atom. The molecule has 0 saturated heterocycles. The van der Waals surface area contributed by atoms with Gasteiger partial charge in [-0.3, -0.25) is 9.69 Å². The number of hydrogen-bond donors (Lipinski definition) is 1. The van der Waals surface area contributed by atoms with Crippen molar-refractivity contribution in [3.05, 3.63) is 58.2 Å². The van der Waals surface area contributed by atoms with Crippen LogP contribution in [0.2, 0.25) is 0 Å². The molecule has 1 heterocycles. The van der Waals surface area contributed by atoms with Crippen LogP contribution in [0.5, 0.6) is 0 Å². The monoisotopic (exact) mass is 332 g/mol. The largest absolute Gasteiger partial charge is 0.465 e. The number of aryl methyl sites for hydroxylation is 1. The number of esters is 1. The molecule has 0 aliphatic carbocycles. The van der Waals surface area contributed by atoms with Gasteiger partial charge < -0.3 is 9.72 Å². The average molecular weight is 332 g/mol. The van der Waals surface area contributed by atoms with Gasteiger partial charge in [-0.05, 0) is 44.2 Å². The summed E-state index contributed by atoms with van der Waals surface area (Å²) in [6.45, 7) is 4.05. The first-order valence-electron chi connectivity index (χ1n) is 7.57. The molecule has 0 radical (unpaired) electrons. The standard InChI is InChI=1S/C18H21FN2O3/c1-11-16(18(23)24-4)12(2)20-17(11)15(22)10-21(3)9-13-6-5-7-14(19)8-13/h5-8,20H,9-10H2,1-4H3. The third kappa shape index (κ3) is 3.89. The molecule has 6 heteroatoms. The van der Waals surface area contributed by atoms with Gasteiger partial charge in [-0.25, -0.2) is 9.18 Å². The van der Waals surface area contributed by atoms with Gasteiger partial charge in [-0.1, -0.05) is 12.1 Å². The van der Waals surface area contributed by atoms with Crippen molar-refractivity contribution in [2.75, 3.05) is 20.7 Å². The van der Waals surface area contributed by atoms with Crippen LogP contribution in [0.25, 0.3) is 0 Å². The fourth-order valence-electron chi connectivity index (χ4n) is 2.76. The summed E-state index contributed by atoms with van der Waals surface area (Å²) in [6.07, 6.45) is 0. The number of hydrogen-bond acceptors (Lipinski definition) is 4. The number of rotatable bonds is 6. The summed E-state index contributed by atoms with van der Waals surface area (Å²) in [5.41, 5.74) is 2.78. The number of ketones is 1. The third-order valence-electron chi connectivity index (χ3n) is 3.86. The lowest BCUT2D eigenvalue weighted by atomic mass is 10.1. The molecule has 128 valence electrons. The molecular formula is C18H21FN2O3. The number of nitrogens with zero attached hydrogens (tertiary/aromatic N) is 1. The molecule has 0 aliphatic rings. The summed E-state index contributed by atoms with van der Waals surface area (Å²) >= 11 is 0. The molecule has 0 spiro atoms. The fraction of sp³-hybridized carbons (Fsp3) is 0.333. The zero-order valence-electron chi connectivity index (χ0n) is 14.3. The van der Waals surface area contributed by atoms with Crippen molar-refractivity contribution in [1.82, 2.24) is 9.88 Å². The Balaban J connectivity index is 2.11. The zero-order chi connectivity index (χ0) is 17.9. The van der Waals surface area contributed by atoms with E-state index in [9.17, 15) is 14.0 Å². The van der Waals surface area contributed by atoms with E-state index in [1.165, 1.54) is 19.2 Å². The minimum atomic E-state index is -0.464. The highest BCUT2D eigenvalue weighted by molar-refractivity contribution is 6.02. The molecule has 0 amide bonds. The van der Waals surface area contributed by atoms with Crippen LogP contribution in [-0.2, 0) is 11.3 Å². The van der Waals surface area contributed by atoms with E-state index in [1.807, 2.05) is 6.07 Å². The SMILES string of the molecule is COC(=O)c1c(C)[nH]c(C(=O)CN(C)Cc2cccc(F)c2)c1C. The van der Waals surface area contributed by atoms with Gasteiger partial charge in [0.05, 0.1) is 24.9 Å². The first-order chi connectivity index (χ1) is 11.3. The summed E-state index contributed by atoms with van der Waals surface area (Å²) in [5, 5.41) is 0. The minimum absolute atomic E-state index is 0.135. The molecule has 2 aromatic rings. The average Bonchev–Trinajstić information content (AvgIpc) is 2.81. The van der Waals surface area contributed by atoms with Crippen molar-refractivity contribution < 1.29 is 18.7 Å². The number of H-pyrrole nitrogens is 1. The summed E-state index contributed by atoms with van der Waals surface area (Å²) in [7, 11) is 3.09. The Morgan fingerprint density at radius 2 is 2.00 bits per heavy atom. The molecule has 5 nitrogen and oxygen atoms in total. The van der Waals surface area contributed by atoms with Crippen LogP contribution in [0.4, 0.5) is 4.39 Å². The van der Waals surface area contributed by atoms with E-state index >= 15 is 0 Å². The zero-order valence-corrected chi connectivity index (χ0v) is 14.3. The first-order valence-corrected chi connectivity index (χ1v) is 7.57. The van der Waals surface area contributed by atoms with Crippen LogP contribution in [-0.4, -0.2) is 42.3 Å². The van der Waals surface area contributed by atoms with Gasteiger partial charge in [-0.15, -0.1) is 0 Å². The van der Waals surface area contributed by atoms with E-state index in [1.54, 1.807) is 31.9 Å². The number of carbonyl (C=O) groups is 2. The lowest BCUT2D eigenvalue weighted by Gasteiger charge is -2.15. The van der Waals surface area contributed by atoms with Crippen molar-refractivity contribution in [3.63, 3.8) is 0 Å². The normalized spacial score (nSPS) is 10.9. The number of nitrogens with one attached hydrogen (secondary N) is 1. The lowest BCUT2D eigenvalue weighted by Crippen LogP contribution is -2.26. The summed E-state index contributed by atoms with van der Waals surface area (Å²) in [6, 6.07) is 6.28. The van der Waals surface area contributed by atoms with Crippen molar-refractivity contribution in [3.8, 4) is 0 Å². The van der Waals surface area contributed by atoms with Crippen LogP contribution in [0.1, 0.15) is 37.7 Å². The van der Waals surface area contributed by atoms with E-state index in [0.29, 0.717) is 29.1 Å². The summed E-state index contributed by atoms with van der Waals surface area (Å²) < 4.78 is 18.0. The maximum atomic E-state index is 13.2. The molecule has 1 N–H and O–H groups in total. The molecule has 1 aromatic heterocycles. The lowest BCUT2D eigenvalue weighted by molar-refractivity contribution is 0.0599. The van der Waals surface area contributed by atoms with Crippen LogP contribution < -0.4 is 0 Å². The Morgan fingerprint density at radius 3 is 2.62 bits per heavy atom. The first kappa shape index (κ1) is 17.9. The quantitative estimate of drug-likeness (QED) is 0.653. The van der Waals surface area contributed by atoms with E-state index in [2.05, 4.69) is 4.98 Å². The van der Waals surface area contributed by atoms with Gasteiger partial charge in [0.2, 0.25) is 0 Å². The number of benzene rings is 1. The van der Waals surface area contributed by atoms with Crippen LogP contribution in [0.15, 0.2) is 24.3 Å². The van der Waals surface area contributed by atoms with Crippen molar-refractivity contribution in [2.45, 2.75) is 20.4 Å². The number of Topliss-reactive ketones (excluding diaryl/α,β-unsaturated/α-hetero) is 1. The molecule has 0 bridgehead atoms. The molecule has 2 rings (SSSR count). The Kier molecular flexibility index (Phi) is 5.51. The molecule has 0 atom stereocenters. The van der Waals surface area contributed by atoms with E-state index in [-0.39, 0.29) is 18.1 Å². The van der Waals surface area contributed by atoms with E-state index in [4.69, 9.17) is 4.74 Å². The molecule has 0 fully saturated rings. The highest BCUT2D eigenvalue weighted by Crippen LogP contribution is 2.19. The number of methoxy groups -OCH3 is 1. The summed E-state index contributed by atoms with van der Waals surface area (Å²) in [5.74, 6) is -0.899. The smallest absolute Gasteiger partial charge is 0.339 e. The predicted molar refractivity (Wildman–Crippen MR) is 88.7 cm³/mol. The van der Waals surface area contributed by atoms with E-state index in [0.717, 1.165) is 5.56 Å². The Hall–Kier alpha value is -2.47. The van der Waals surface area contributed by atoms with Gasteiger partial charge in [0, 0.05) is 12.2 Å². The number of ether oxygens (including phenoxy) is 1. The molecule has 1 aromatic carbocycles. The second-order valence-corrected chi connectivity index (χ2v) is 5.84. The van der Waals surface area contributed by atoms with E-state index < -0.39 is 5.97 Å². The topological polar surface area (TPSA) is 62.4 Å². The number of carbonyl (C=O) groups excluding carboxylic acids is 2.